The second-order valence-electron chi connectivity index (χ2n) is 6.79. The highest BCUT2D eigenvalue weighted by atomic mass is 32.1. The zero-order chi connectivity index (χ0) is 20.2. The Hall–Kier alpha value is -2.55. The van der Waals surface area contributed by atoms with E-state index in [1.54, 1.807) is 35.6 Å². The third-order valence-electron chi connectivity index (χ3n) is 4.71. The molecule has 0 bridgehead atoms. The molecule has 1 unspecified atom stereocenters. The summed E-state index contributed by atoms with van der Waals surface area (Å²) in [5, 5.41) is 10.6. The van der Waals surface area contributed by atoms with Crippen LogP contribution in [0.3, 0.4) is 0 Å². The zero-order valence-corrected chi connectivity index (χ0v) is 17.6. The predicted molar refractivity (Wildman–Crippen MR) is 116 cm³/mol. The summed E-state index contributed by atoms with van der Waals surface area (Å²) in [6.07, 6.45) is 2.04. The normalized spacial score (nSPS) is 16.0. The van der Waals surface area contributed by atoms with Gasteiger partial charge in [0.1, 0.15) is 9.88 Å². The van der Waals surface area contributed by atoms with E-state index in [0.717, 1.165) is 30.0 Å². The van der Waals surface area contributed by atoms with Crippen molar-refractivity contribution in [1.29, 1.82) is 0 Å². The molecule has 1 aromatic carbocycles. The van der Waals surface area contributed by atoms with E-state index in [9.17, 15) is 9.59 Å². The molecular weight excluding hydrogens is 406 g/mol. The molecule has 1 fully saturated rings. The van der Waals surface area contributed by atoms with Crippen LogP contribution in [-0.2, 0) is 4.74 Å². The topological polar surface area (TPSA) is 80.3 Å². The molecule has 0 aliphatic carbocycles. The molecule has 150 valence electrons. The SMILES string of the molecule is Cc1nc(-c2ccsc2)sc1C(=O)Nc1ccccc1C(=O)NCC1CCCO1. The summed E-state index contributed by atoms with van der Waals surface area (Å²) < 4.78 is 5.55. The Kier molecular flexibility index (Phi) is 6.03. The van der Waals surface area contributed by atoms with Crippen LogP contribution in [0.25, 0.3) is 10.6 Å². The van der Waals surface area contributed by atoms with Crippen molar-refractivity contribution in [3.05, 3.63) is 57.2 Å². The number of thiophene rings is 1. The summed E-state index contributed by atoms with van der Waals surface area (Å²) in [7, 11) is 0. The lowest BCUT2D eigenvalue weighted by Gasteiger charge is -2.13. The molecule has 4 rings (SSSR count). The van der Waals surface area contributed by atoms with Gasteiger partial charge >= 0.3 is 0 Å². The Morgan fingerprint density at radius 1 is 1.24 bits per heavy atom. The average Bonchev–Trinajstić information content (AvgIpc) is 3.48. The number of carbonyl (C=O) groups excluding carboxylic acids is 2. The van der Waals surface area contributed by atoms with Crippen LogP contribution in [0, 0.1) is 6.92 Å². The molecule has 2 amide bonds. The number of nitrogens with zero attached hydrogens (tertiary/aromatic N) is 1. The van der Waals surface area contributed by atoms with Crippen molar-refractivity contribution in [3.8, 4) is 10.6 Å². The van der Waals surface area contributed by atoms with Crippen molar-refractivity contribution in [1.82, 2.24) is 10.3 Å². The van der Waals surface area contributed by atoms with E-state index in [1.807, 2.05) is 23.8 Å². The number of ether oxygens (including phenoxy) is 1. The van der Waals surface area contributed by atoms with Crippen molar-refractivity contribution >= 4 is 40.2 Å². The Morgan fingerprint density at radius 3 is 2.86 bits per heavy atom. The molecule has 6 nitrogen and oxygen atoms in total. The summed E-state index contributed by atoms with van der Waals surface area (Å²) in [5.41, 5.74) is 2.59. The Bertz CT molecular complexity index is 1010. The Labute approximate surface area is 176 Å². The molecule has 1 atom stereocenters. The van der Waals surface area contributed by atoms with Gasteiger partial charge in [-0.25, -0.2) is 4.98 Å². The average molecular weight is 428 g/mol. The number of para-hydroxylation sites is 1. The maximum atomic E-state index is 12.9. The molecule has 0 spiro atoms. The van der Waals surface area contributed by atoms with Crippen LogP contribution in [0.4, 0.5) is 5.69 Å². The maximum absolute atomic E-state index is 12.9. The van der Waals surface area contributed by atoms with Gasteiger partial charge in [-0.05, 0) is 43.3 Å². The van der Waals surface area contributed by atoms with Crippen molar-refractivity contribution in [2.24, 2.45) is 0 Å². The summed E-state index contributed by atoms with van der Waals surface area (Å²) in [6, 6.07) is 9.00. The molecule has 1 aliphatic heterocycles. The molecule has 0 radical (unpaired) electrons. The summed E-state index contributed by atoms with van der Waals surface area (Å²) >= 11 is 2.94. The van der Waals surface area contributed by atoms with Gasteiger partial charge in [0.25, 0.3) is 11.8 Å². The van der Waals surface area contributed by atoms with E-state index in [1.165, 1.54) is 11.3 Å². The third kappa shape index (κ3) is 4.55. The zero-order valence-electron chi connectivity index (χ0n) is 15.9. The van der Waals surface area contributed by atoms with Gasteiger partial charge in [-0.2, -0.15) is 11.3 Å². The van der Waals surface area contributed by atoms with E-state index >= 15 is 0 Å². The molecule has 1 aliphatic rings. The van der Waals surface area contributed by atoms with Gasteiger partial charge in [0.15, 0.2) is 0 Å². The first-order valence-corrected chi connectivity index (χ1v) is 11.2. The smallest absolute Gasteiger partial charge is 0.267 e. The highest BCUT2D eigenvalue weighted by molar-refractivity contribution is 7.17. The number of anilines is 1. The minimum absolute atomic E-state index is 0.0658. The molecule has 3 aromatic rings. The van der Waals surface area contributed by atoms with Crippen LogP contribution in [0.15, 0.2) is 41.1 Å². The monoisotopic (exact) mass is 427 g/mol. The first kappa shape index (κ1) is 19.8. The maximum Gasteiger partial charge on any atom is 0.267 e. The van der Waals surface area contributed by atoms with Gasteiger partial charge in [0, 0.05) is 24.1 Å². The van der Waals surface area contributed by atoms with Crippen LogP contribution in [-0.4, -0.2) is 36.1 Å². The second-order valence-corrected chi connectivity index (χ2v) is 8.57. The fraction of sp³-hybridized carbons (Fsp3) is 0.286. The van der Waals surface area contributed by atoms with Crippen LogP contribution in [0.5, 0.6) is 0 Å². The number of amides is 2. The first-order chi connectivity index (χ1) is 14.1. The van der Waals surface area contributed by atoms with Crippen molar-refractivity contribution in [2.75, 3.05) is 18.5 Å². The summed E-state index contributed by atoms with van der Waals surface area (Å²) in [6.45, 7) is 3.04. The van der Waals surface area contributed by atoms with Gasteiger partial charge < -0.3 is 15.4 Å². The number of nitrogens with one attached hydrogen (secondary N) is 2. The predicted octanol–water partition coefficient (Wildman–Crippen LogP) is 4.34. The van der Waals surface area contributed by atoms with Gasteiger partial charge in [-0.3, -0.25) is 9.59 Å². The number of aromatic nitrogens is 1. The second kappa shape index (κ2) is 8.86. The van der Waals surface area contributed by atoms with Crippen molar-refractivity contribution in [3.63, 3.8) is 0 Å². The highest BCUT2D eigenvalue weighted by Gasteiger charge is 2.21. The molecule has 3 heterocycles. The molecule has 29 heavy (non-hydrogen) atoms. The lowest BCUT2D eigenvalue weighted by atomic mass is 10.1. The van der Waals surface area contributed by atoms with Crippen LogP contribution in [0.2, 0.25) is 0 Å². The lowest BCUT2D eigenvalue weighted by molar-refractivity contribution is 0.0858. The number of hydrogen-bond acceptors (Lipinski definition) is 6. The minimum Gasteiger partial charge on any atom is -0.376 e. The first-order valence-electron chi connectivity index (χ1n) is 9.42. The van der Waals surface area contributed by atoms with Gasteiger partial charge in [0.2, 0.25) is 0 Å². The van der Waals surface area contributed by atoms with Crippen molar-refractivity contribution in [2.45, 2.75) is 25.9 Å². The summed E-state index contributed by atoms with van der Waals surface area (Å²) in [5.74, 6) is -0.489. The van der Waals surface area contributed by atoms with E-state index < -0.39 is 0 Å². The quantitative estimate of drug-likeness (QED) is 0.613. The largest absolute Gasteiger partial charge is 0.376 e. The van der Waals surface area contributed by atoms with E-state index in [0.29, 0.717) is 28.4 Å². The number of hydrogen-bond donors (Lipinski definition) is 2. The lowest BCUT2D eigenvalue weighted by Crippen LogP contribution is -2.32. The number of benzene rings is 1. The van der Waals surface area contributed by atoms with E-state index in [-0.39, 0.29) is 17.9 Å². The number of carbonyl (C=O) groups is 2. The highest BCUT2D eigenvalue weighted by Crippen LogP contribution is 2.30. The number of rotatable bonds is 6. The van der Waals surface area contributed by atoms with Gasteiger partial charge in [0.05, 0.1) is 23.0 Å². The number of thiazole rings is 1. The Balaban J connectivity index is 1.48. The van der Waals surface area contributed by atoms with E-state index in [2.05, 4.69) is 15.6 Å². The molecule has 1 saturated heterocycles. The van der Waals surface area contributed by atoms with Gasteiger partial charge in [-0.1, -0.05) is 12.1 Å². The third-order valence-corrected chi connectivity index (χ3v) is 6.59. The van der Waals surface area contributed by atoms with E-state index in [4.69, 9.17) is 4.74 Å². The standard InChI is InChI=1S/C21H21N3O3S2/c1-13-18(29-21(23-13)14-8-10-28-12-14)20(26)24-17-7-3-2-6-16(17)19(25)22-11-15-5-4-9-27-15/h2-3,6-8,10,12,15H,4-5,9,11H2,1H3,(H,22,25)(H,24,26). The Morgan fingerprint density at radius 2 is 2.10 bits per heavy atom. The molecular formula is C21H21N3O3S2. The molecule has 2 N–H and O–H groups in total. The fourth-order valence-corrected chi connectivity index (χ4v) is 4.87. The summed E-state index contributed by atoms with van der Waals surface area (Å²) in [4.78, 5) is 30.6. The molecule has 2 aromatic heterocycles. The molecule has 8 heteroatoms. The minimum atomic E-state index is -0.263. The van der Waals surface area contributed by atoms with Crippen LogP contribution in [0.1, 0.15) is 38.6 Å². The molecule has 0 saturated carbocycles. The fourth-order valence-electron chi connectivity index (χ4n) is 3.19. The van der Waals surface area contributed by atoms with Gasteiger partial charge in [-0.15, -0.1) is 11.3 Å². The van der Waals surface area contributed by atoms with Crippen molar-refractivity contribution < 1.29 is 14.3 Å². The number of aryl methyl sites for hydroxylation is 1. The van der Waals surface area contributed by atoms with Crippen LogP contribution >= 0.6 is 22.7 Å². The van der Waals surface area contributed by atoms with Crippen LogP contribution < -0.4 is 10.6 Å².